The highest BCUT2D eigenvalue weighted by molar-refractivity contribution is 7.14. The van der Waals surface area contributed by atoms with Crippen molar-refractivity contribution in [3.63, 3.8) is 0 Å². The molecular formula is C23H14N2O5S. The van der Waals surface area contributed by atoms with E-state index in [0.717, 1.165) is 29.4 Å². The first-order valence-electron chi connectivity index (χ1n) is 9.44. The van der Waals surface area contributed by atoms with Gasteiger partial charge in [-0.1, -0.05) is 18.2 Å². The number of thiophene rings is 1. The molecule has 7 nitrogen and oxygen atoms in total. The van der Waals surface area contributed by atoms with E-state index in [1.54, 1.807) is 35.7 Å². The van der Waals surface area contributed by atoms with Gasteiger partial charge in [-0.2, -0.15) is 5.26 Å². The summed E-state index contributed by atoms with van der Waals surface area (Å²) < 4.78 is 11.4. The zero-order valence-electron chi connectivity index (χ0n) is 16.0. The lowest BCUT2D eigenvalue weighted by Gasteiger charge is -2.03. The fourth-order valence-corrected chi connectivity index (χ4v) is 4.54. The standard InChI is InChI=1S/C23H14N2O5S/c24-10-14-6-3-5-13-9-17(30-20(13)14)21-19(23(27)28)15(11-31-21)25-22(26)18-8-12-4-1-2-7-16(12)29-18/h3-9,11H,1-2H2,(H,25,26)(H,27,28). The number of hydrogen-bond donors (Lipinski definition) is 2. The lowest BCUT2D eigenvalue weighted by Crippen LogP contribution is -2.21. The van der Waals surface area contributed by atoms with Crippen LogP contribution in [0.3, 0.4) is 0 Å². The van der Waals surface area contributed by atoms with Crippen molar-refractivity contribution in [1.82, 2.24) is 0 Å². The van der Waals surface area contributed by atoms with E-state index >= 15 is 0 Å². The van der Waals surface area contributed by atoms with Crippen molar-refractivity contribution in [2.24, 2.45) is 0 Å². The number of amides is 1. The molecule has 0 unspecified atom stereocenters. The normalized spacial score (nSPS) is 12.5. The maximum absolute atomic E-state index is 12.7. The number of fused-ring (bicyclic) bond motifs is 2. The van der Waals surface area contributed by atoms with Crippen molar-refractivity contribution in [2.45, 2.75) is 12.8 Å². The number of carboxylic acid groups (broad SMARTS) is 1. The minimum Gasteiger partial charge on any atom is -0.478 e. The molecule has 3 aromatic heterocycles. The van der Waals surface area contributed by atoms with Gasteiger partial charge in [-0.15, -0.1) is 11.3 Å². The van der Waals surface area contributed by atoms with Crippen molar-refractivity contribution in [3.8, 4) is 16.7 Å². The van der Waals surface area contributed by atoms with Crippen LogP contribution in [-0.4, -0.2) is 17.0 Å². The first-order chi connectivity index (χ1) is 15.0. The van der Waals surface area contributed by atoms with Crippen LogP contribution in [0.1, 0.15) is 39.3 Å². The van der Waals surface area contributed by atoms with Crippen LogP contribution in [-0.2, 0) is 0 Å². The molecule has 31 heavy (non-hydrogen) atoms. The molecule has 0 fully saturated rings. The molecule has 1 aliphatic carbocycles. The summed E-state index contributed by atoms with van der Waals surface area (Å²) in [5.74, 6) is -1.29. The molecule has 5 rings (SSSR count). The number of carbonyl (C=O) groups is 2. The molecule has 0 saturated carbocycles. The number of carbonyl (C=O) groups excluding carboxylic acids is 1. The Bertz CT molecular complexity index is 1500. The van der Waals surface area contributed by atoms with Crippen LogP contribution >= 0.6 is 11.3 Å². The van der Waals surface area contributed by atoms with E-state index in [4.69, 9.17) is 8.83 Å². The van der Waals surface area contributed by atoms with Crippen LogP contribution < -0.4 is 16.0 Å². The molecule has 3 heterocycles. The Hall–Kier alpha value is -4.09. The number of benzene rings is 1. The summed E-state index contributed by atoms with van der Waals surface area (Å²) in [6, 6.07) is 10.5. The van der Waals surface area contributed by atoms with E-state index in [1.807, 2.05) is 12.2 Å². The second kappa shape index (κ2) is 7.31. The average molecular weight is 430 g/mol. The van der Waals surface area contributed by atoms with E-state index in [1.165, 1.54) is 0 Å². The van der Waals surface area contributed by atoms with E-state index < -0.39 is 11.9 Å². The number of rotatable bonds is 4. The van der Waals surface area contributed by atoms with E-state index in [0.29, 0.717) is 32.6 Å². The Morgan fingerprint density at radius 2 is 2.00 bits per heavy atom. The number of hydrogen-bond acceptors (Lipinski definition) is 6. The van der Waals surface area contributed by atoms with Crippen molar-refractivity contribution in [1.29, 1.82) is 5.26 Å². The second-order valence-electron chi connectivity index (χ2n) is 6.97. The zero-order valence-corrected chi connectivity index (χ0v) is 16.8. The van der Waals surface area contributed by atoms with Gasteiger partial charge < -0.3 is 19.3 Å². The Labute approximate surface area is 179 Å². The summed E-state index contributed by atoms with van der Waals surface area (Å²) in [6.45, 7) is 0. The van der Waals surface area contributed by atoms with Gasteiger partial charge in [0.2, 0.25) is 0 Å². The molecule has 4 aromatic rings. The maximum Gasteiger partial charge on any atom is 0.339 e. The van der Waals surface area contributed by atoms with Gasteiger partial charge in [-0.05, 0) is 37.1 Å². The number of furan rings is 2. The third-order valence-electron chi connectivity index (χ3n) is 5.02. The lowest BCUT2D eigenvalue weighted by molar-refractivity contribution is 0.0699. The number of nitrogens with zero attached hydrogens (tertiary/aromatic N) is 1. The monoisotopic (exact) mass is 430 g/mol. The molecule has 0 spiro atoms. The highest BCUT2D eigenvalue weighted by atomic mass is 32.1. The van der Waals surface area contributed by atoms with Gasteiger partial charge >= 0.3 is 5.97 Å². The molecular weight excluding hydrogens is 416 g/mol. The van der Waals surface area contributed by atoms with Gasteiger partial charge in [0.1, 0.15) is 22.8 Å². The first-order valence-corrected chi connectivity index (χ1v) is 10.3. The first kappa shape index (κ1) is 18.9. The number of para-hydroxylation sites is 1. The van der Waals surface area contributed by atoms with Gasteiger partial charge in [0.15, 0.2) is 11.3 Å². The molecule has 0 radical (unpaired) electrons. The summed E-state index contributed by atoms with van der Waals surface area (Å²) in [5.41, 5.74) is 1.48. The summed E-state index contributed by atoms with van der Waals surface area (Å²) in [4.78, 5) is 25.1. The van der Waals surface area contributed by atoms with Gasteiger partial charge in [0, 0.05) is 16.0 Å². The van der Waals surface area contributed by atoms with E-state index in [-0.39, 0.29) is 17.0 Å². The Balaban J connectivity index is 1.53. The Kier molecular flexibility index (Phi) is 4.46. The highest BCUT2D eigenvalue weighted by Crippen LogP contribution is 2.39. The summed E-state index contributed by atoms with van der Waals surface area (Å²) in [6.07, 6.45) is 5.66. The van der Waals surface area contributed by atoms with Crippen molar-refractivity contribution >= 4 is 52.0 Å². The number of carboxylic acids is 1. The SMILES string of the molecule is N#Cc1cccc2cc(-c3scc(NC(=O)c4cc5c(o4)=CCCC=5)c3C(=O)O)oc12. The molecule has 1 aliphatic rings. The predicted molar refractivity (Wildman–Crippen MR) is 115 cm³/mol. The summed E-state index contributed by atoms with van der Waals surface area (Å²) in [7, 11) is 0. The fraction of sp³-hybridized carbons (Fsp3) is 0.0870. The number of aromatic carboxylic acids is 1. The van der Waals surface area contributed by atoms with E-state index in [9.17, 15) is 20.0 Å². The topological polar surface area (TPSA) is 116 Å². The molecule has 152 valence electrons. The molecule has 8 heteroatoms. The number of nitrogens with one attached hydrogen (secondary N) is 1. The molecule has 0 aliphatic heterocycles. The summed E-state index contributed by atoms with van der Waals surface area (Å²) in [5, 5.41) is 24.8. The number of nitriles is 1. The zero-order chi connectivity index (χ0) is 21.5. The Morgan fingerprint density at radius 1 is 1.16 bits per heavy atom. The second-order valence-corrected chi connectivity index (χ2v) is 7.85. The van der Waals surface area contributed by atoms with Crippen LogP contribution in [0.5, 0.6) is 0 Å². The third-order valence-corrected chi connectivity index (χ3v) is 6.01. The molecule has 1 amide bonds. The third kappa shape index (κ3) is 3.21. The van der Waals surface area contributed by atoms with E-state index in [2.05, 4.69) is 11.4 Å². The van der Waals surface area contributed by atoms with Gasteiger partial charge in [-0.3, -0.25) is 4.79 Å². The minimum absolute atomic E-state index is 0.0784. The van der Waals surface area contributed by atoms with Crippen molar-refractivity contribution in [3.05, 3.63) is 63.2 Å². The van der Waals surface area contributed by atoms with Crippen LogP contribution in [0, 0.1) is 11.3 Å². The van der Waals surface area contributed by atoms with Crippen molar-refractivity contribution in [2.75, 3.05) is 5.32 Å². The molecule has 0 saturated heterocycles. The molecule has 1 aromatic carbocycles. The largest absolute Gasteiger partial charge is 0.478 e. The van der Waals surface area contributed by atoms with Gasteiger partial charge in [-0.25, -0.2) is 4.79 Å². The van der Waals surface area contributed by atoms with Crippen LogP contribution in [0.15, 0.2) is 44.5 Å². The average Bonchev–Trinajstić information content (AvgIpc) is 3.48. The molecule has 0 bridgehead atoms. The quantitative estimate of drug-likeness (QED) is 0.507. The van der Waals surface area contributed by atoms with Gasteiger partial charge in [0.25, 0.3) is 5.91 Å². The summed E-state index contributed by atoms with van der Waals surface area (Å²) >= 11 is 1.14. The van der Waals surface area contributed by atoms with Crippen LogP contribution in [0.25, 0.3) is 33.8 Å². The Morgan fingerprint density at radius 3 is 2.77 bits per heavy atom. The van der Waals surface area contributed by atoms with Crippen LogP contribution in [0.2, 0.25) is 0 Å². The predicted octanol–water partition coefficient (Wildman–Crippen LogP) is 3.93. The molecule has 0 atom stereocenters. The lowest BCUT2D eigenvalue weighted by atomic mass is 10.1. The van der Waals surface area contributed by atoms with Crippen LogP contribution in [0.4, 0.5) is 5.69 Å². The number of anilines is 1. The van der Waals surface area contributed by atoms with Gasteiger partial charge in [0.05, 0.1) is 16.1 Å². The highest BCUT2D eigenvalue weighted by Gasteiger charge is 2.25. The maximum atomic E-state index is 12.7. The minimum atomic E-state index is -1.20. The smallest absolute Gasteiger partial charge is 0.339 e. The molecule has 2 N–H and O–H groups in total. The fourth-order valence-electron chi connectivity index (χ4n) is 3.59. The van der Waals surface area contributed by atoms with Crippen molar-refractivity contribution < 1.29 is 23.5 Å².